The van der Waals surface area contributed by atoms with E-state index in [1.165, 1.54) is 17.7 Å². The van der Waals surface area contributed by atoms with Crippen LogP contribution in [0.25, 0.3) is 0 Å². The van der Waals surface area contributed by atoms with E-state index in [0.29, 0.717) is 6.42 Å². The van der Waals surface area contributed by atoms with E-state index < -0.39 is 6.10 Å². The van der Waals surface area contributed by atoms with Crippen LogP contribution in [-0.4, -0.2) is 17.6 Å². The van der Waals surface area contributed by atoms with Crippen molar-refractivity contribution < 1.29 is 9.90 Å². The van der Waals surface area contributed by atoms with Crippen molar-refractivity contribution in [1.29, 1.82) is 0 Å². The Kier molecular flexibility index (Phi) is 5.22. The van der Waals surface area contributed by atoms with E-state index in [1.807, 2.05) is 13.0 Å². The fraction of sp³-hybridized carbons (Fsp3) is 0.688. The van der Waals surface area contributed by atoms with E-state index in [0.717, 1.165) is 30.7 Å². The average molecular weight is 295 g/mol. The summed E-state index contributed by atoms with van der Waals surface area (Å²) in [4.78, 5) is 14.1. The third-order valence-corrected chi connectivity index (χ3v) is 5.72. The zero-order valence-electron chi connectivity index (χ0n) is 12.4. The molecule has 2 rings (SSSR count). The van der Waals surface area contributed by atoms with Gasteiger partial charge in [0.15, 0.2) is 0 Å². The second kappa shape index (κ2) is 6.72. The summed E-state index contributed by atoms with van der Waals surface area (Å²) in [6.07, 6.45) is 5.83. The zero-order chi connectivity index (χ0) is 14.6. The molecule has 112 valence electrons. The van der Waals surface area contributed by atoms with Gasteiger partial charge in [0.2, 0.25) is 5.91 Å². The van der Waals surface area contributed by atoms with Gasteiger partial charge in [0.05, 0.1) is 6.10 Å². The summed E-state index contributed by atoms with van der Waals surface area (Å²) in [6, 6.07) is 4.17. The first-order valence-electron chi connectivity index (χ1n) is 7.62. The van der Waals surface area contributed by atoms with Crippen LogP contribution in [0.1, 0.15) is 68.2 Å². The first kappa shape index (κ1) is 15.5. The lowest BCUT2D eigenvalue weighted by molar-refractivity contribution is -0.121. The molecular weight excluding hydrogens is 270 g/mol. The van der Waals surface area contributed by atoms with Crippen LogP contribution in [0, 0.1) is 0 Å². The van der Waals surface area contributed by atoms with Gasteiger partial charge in [-0.3, -0.25) is 4.79 Å². The van der Waals surface area contributed by atoms with Crippen LogP contribution in [0.5, 0.6) is 0 Å². The number of rotatable bonds is 6. The highest BCUT2D eigenvalue weighted by atomic mass is 32.1. The summed E-state index contributed by atoms with van der Waals surface area (Å²) in [7, 11) is 0. The molecule has 0 saturated heterocycles. The van der Waals surface area contributed by atoms with Gasteiger partial charge >= 0.3 is 0 Å². The van der Waals surface area contributed by atoms with Gasteiger partial charge in [-0.1, -0.05) is 19.8 Å². The van der Waals surface area contributed by atoms with Crippen molar-refractivity contribution in [3.63, 3.8) is 0 Å². The summed E-state index contributed by atoms with van der Waals surface area (Å²) in [5.74, 6) is 0.158. The highest BCUT2D eigenvalue weighted by Gasteiger charge is 2.37. The minimum absolute atomic E-state index is 0.0984. The van der Waals surface area contributed by atoms with Crippen LogP contribution in [0.15, 0.2) is 12.1 Å². The van der Waals surface area contributed by atoms with E-state index in [1.54, 1.807) is 18.3 Å². The van der Waals surface area contributed by atoms with E-state index in [2.05, 4.69) is 11.4 Å². The van der Waals surface area contributed by atoms with Crippen LogP contribution in [0.2, 0.25) is 0 Å². The highest BCUT2D eigenvalue weighted by molar-refractivity contribution is 7.12. The molecular formula is C16H25NO2S. The Morgan fingerprint density at radius 3 is 2.70 bits per heavy atom. The monoisotopic (exact) mass is 295 g/mol. The van der Waals surface area contributed by atoms with Gasteiger partial charge in [-0.2, -0.15) is 0 Å². The molecule has 3 nitrogen and oxygen atoms in total. The lowest BCUT2D eigenvalue weighted by Crippen LogP contribution is -2.38. The topological polar surface area (TPSA) is 49.3 Å². The standard InChI is InChI=1S/C16H25NO2S/c1-3-6-15(19)17-11-16(9-4-5-10-16)14-8-7-13(20-14)12(2)18/h7-8,12,18H,3-6,9-11H2,1-2H3,(H,17,19). The molecule has 1 amide bonds. The number of amides is 1. The molecule has 1 aliphatic carbocycles. The maximum atomic E-state index is 11.7. The van der Waals surface area contributed by atoms with Crippen LogP contribution < -0.4 is 5.32 Å². The predicted molar refractivity (Wildman–Crippen MR) is 83.0 cm³/mol. The van der Waals surface area contributed by atoms with E-state index in [4.69, 9.17) is 0 Å². The average Bonchev–Trinajstić information content (AvgIpc) is 3.06. The smallest absolute Gasteiger partial charge is 0.220 e. The van der Waals surface area contributed by atoms with E-state index in [-0.39, 0.29) is 11.3 Å². The fourth-order valence-electron chi connectivity index (χ4n) is 3.01. The molecule has 20 heavy (non-hydrogen) atoms. The minimum atomic E-state index is -0.401. The molecule has 1 heterocycles. The number of carbonyl (C=O) groups is 1. The molecule has 0 bridgehead atoms. The van der Waals surface area contributed by atoms with Crippen molar-refractivity contribution in [2.75, 3.05) is 6.54 Å². The molecule has 1 fully saturated rings. The first-order valence-corrected chi connectivity index (χ1v) is 8.44. The number of hydrogen-bond donors (Lipinski definition) is 2. The molecule has 1 aromatic heterocycles. The molecule has 1 unspecified atom stereocenters. The Morgan fingerprint density at radius 1 is 1.45 bits per heavy atom. The van der Waals surface area contributed by atoms with Gasteiger partial charge in [-0.15, -0.1) is 11.3 Å². The minimum Gasteiger partial charge on any atom is -0.388 e. The summed E-state index contributed by atoms with van der Waals surface area (Å²) in [6.45, 7) is 4.57. The fourth-order valence-corrected chi connectivity index (χ4v) is 4.20. The van der Waals surface area contributed by atoms with Crippen molar-refractivity contribution >= 4 is 17.2 Å². The second-order valence-electron chi connectivity index (χ2n) is 5.89. The SMILES string of the molecule is CCCC(=O)NCC1(c2ccc(C(C)O)s2)CCCC1. The van der Waals surface area contributed by atoms with Crippen LogP contribution >= 0.6 is 11.3 Å². The number of aliphatic hydroxyl groups excluding tert-OH is 1. The number of thiophene rings is 1. The molecule has 2 N–H and O–H groups in total. The maximum Gasteiger partial charge on any atom is 0.220 e. The van der Waals surface area contributed by atoms with Crippen molar-refractivity contribution in [1.82, 2.24) is 5.32 Å². The van der Waals surface area contributed by atoms with Crippen LogP contribution in [-0.2, 0) is 10.2 Å². The third kappa shape index (κ3) is 3.41. The van der Waals surface area contributed by atoms with Crippen molar-refractivity contribution in [2.24, 2.45) is 0 Å². The van der Waals surface area contributed by atoms with Gasteiger partial charge < -0.3 is 10.4 Å². The number of hydrogen-bond acceptors (Lipinski definition) is 3. The van der Waals surface area contributed by atoms with Crippen molar-refractivity contribution in [2.45, 2.75) is 63.9 Å². The summed E-state index contributed by atoms with van der Waals surface area (Å²) >= 11 is 1.70. The molecule has 0 radical (unpaired) electrons. The normalized spacial score (nSPS) is 18.9. The Balaban J connectivity index is 2.10. The van der Waals surface area contributed by atoms with Gasteiger partial charge in [0.1, 0.15) is 0 Å². The Hall–Kier alpha value is -0.870. The summed E-state index contributed by atoms with van der Waals surface area (Å²) in [5.41, 5.74) is 0.0984. The van der Waals surface area contributed by atoms with E-state index in [9.17, 15) is 9.90 Å². The van der Waals surface area contributed by atoms with Crippen molar-refractivity contribution in [3.8, 4) is 0 Å². The third-order valence-electron chi connectivity index (χ3n) is 4.22. The Labute approximate surface area is 125 Å². The molecule has 4 heteroatoms. The number of nitrogens with one attached hydrogen (secondary N) is 1. The molecule has 1 aliphatic rings. The number of carbonyl (C=O) groups excluding carboxylic acids is 1. The van der Waals surface area contributed by atoms with Crippen LogP contribution in [0.3, 0.4) is 0 Å². The Morgan fingerprint density at radius 2 is 2.15 bits per heavy atom. The van der Waals surface area contributed by atoms with Crippen molar-refractivity contribution in [3.05, 3.63) is 21.9 Å². The highest BCUT2D eigenvalue weighted by Crippen LogP contribution is 2.44. The molecule has 0 aromatic carbocycles. The second-order valence-corrected chi connectivity index (χ2v) is 7.01. The maximum absolute atomic E-state index is 11.7. The quantitative estimate of drug-likeness (QED) is 0.843. The van der Waals surface area contributed by atoms with E-state index >= 15 is 0 Å². The molecule has 0 spiro atoms. The molecule has 1 atom stereocenters. The number of aliphatic hydroxyl groups is 1. The van der Waals surface area contributed by atoms with Gasteiger partial charge in [-0.25, -0.2) is 0 Å². The molecule has 0 aliphatic heterocycles. The largest absolute Gasteiger partial charge is 0.388 e. The predicted octanol–water partition coefficient (Wildman–Crippen LogP) is 3.53. The molecule has 1 saturated carbocycles. The lowest BCUT2D eigenvalue weighted by atomic mass is 9.84. The zero-order valence-corrected chi connectivity index (χ0v) is 13.3. The molecule has 1 aromatic rings. The van der Waals surface area contributed by atoms with Gasteiger partial charge in [-0.05, 0) is 38.3 Å². The van der Waals surface area contributed by atoms with Crippen LogP contribution in [0.4, 0.5) is 0 Å². The Bertz CT molecular complexity index is 447. The van der Waals surface area contributed by atoms with Gasteiger partial charge in [0.25, 0.3) is 0 Å². The summed E-state index contributed by atoms with van der Waals surface area (Å²) in [5, 5.41) is 12.8. The lowest BCUT2D eigenvalue weighted by Gasteiger charge is -2.28. The van der Waals surface area contributed by atoms with Gasteiger partial charge in [0, 0.05) is 28.1 Å². The first-order chi connectivity index (χ1) is 9.57. The summed E-state index contributed by atoms with van der Waals surface area (Å²) < 4.78 is 0.